The van der Waals surface area contributed by atoms with Crippen molar-refractivity contribution in [1.29, 1.82) is 0 Å². The summed E-state index contributed by atoms with van der Waals surface area (Å²) in [5, 5.41) is 42.0. The molecule has 0 heterocycles. The lowest BCUT2D eigenvalue weighted by Crippen LogP contribution is -2.64. The third kappa shape index (κ3) is 36.2. The third-order valence-electron chi connectivity index (χ3n) is 17.8. The second-order valence-corrected chi connectivity index (χ2v) is 35.6. The molecular formula is C78H140N16O19. The van der Waals surface area contributed by atoms with E-state index in [-0.39, 0.29) is 49.4 Å². The first-order valence-electron chi connectivity index (χ1n) is 39.1. The Kier molecular flexibility index (Phi) is 41.4. The van der Waals surface area contributed by atoms with Gasteiger partial charge in [0.05, 0.1) is 7.11 Å². The smallest absolute Gasteiger partial charge is 0.408 e. The van der Waals surface area contributed by atoms with Crippen LogP contribution in [0.15, 0.2) is 0 Å². The molecule has 0 radical (unpaired) electrons. The van der Waals surface area contributed by atoms with Gasteiger partial charge < -0.3 is 94.5 Å². The van der Waals surface area contributed by atoms with Crippen LogP contribution in [0.3, 0.4) is 0 Å². The summed E-state index contributed by atoms with van der Waals surface area (Å²) in [7, 11) is 1.17. The first kappa shape index (κ1) is 104. The lowest BCUT2D eigenvalue weighted by molar-refractivity contribution is -0.149. The Morgan fingerprint density at radius 1 is 0.248 bits per heavy atom. The van der Waals surface area contributed by atoms with E-state index in [9.17, 15) is 81.5 Å². The monoisotopic (exact) mass is 1610 g/mol. The summed E-state index contributed by atoms with van der Waals surface area (Å²) in [5.74, 6) is -15.1. The molecule has 16 amide bonds. The van der Waals surface area contributed by atoms with Crippen molar-refractivity contribution in [2.24, 2.45) is 47.3 Å². The van der Waals surface area contributed by atoms with Crippen molar-refractivity contribution in [3.63, 3.8) is 0 Å². The van der Waals surface area contributed by atoms with Crippen molar-refractivity contribution in [1.82, 2.24) is 85.1 Å². The van der Waals surface area contributed by atoms with Gasteiger partial charge in [0.15, 0.2) is 0 Å². The molecule has 35 nitrogen and oxygen atoms in total. The summed E-state index contributed by atoms with van der Waals surface area (Å²) in [6, 6.07) is -14.8. The minimum atomic E-state index is -1.76. The topological polar surface area (TPSA) is 501 Å². The number of rotatable bonds is 44. The van der Waals surface area contributed by atoms with E-state index in [2.05, 4.69) is 85.1 Å². The first-order chi connectivity index (χ1) is 51.3. The number of carbonyl (C=O) groups is 17. The molecule has 0 bridgehead atoms. The molecule has 35 heteroatoms. The van der Waals surface area contributed by atoms with E-state index in [1.165, 1.54) is 90.2 Å². The van der Waals surface area contributed by atoms with E-state index in [0.717, 1.165) is 0 Å². The summed E-state index contributed by atoms with van der Waals surface area (Å²) in [6.07, 6.45) is -0.429. The van der Waals surface area contributed by atoms with E-state index in [1.807, 2.05) is 27.7 Å². The second-order valence-electron chi connectivity index (χ2n) is 35.6. The van der Waals surface area contributed by atoms with Gasteiger partial charge in [-0.1, -0.05) is 111 Å². The zero-order valence-electron chi connectivity index (χ0n) is 73.1. The standard InChI is InChI=1S/C78H140N16O19/c1-37(2)33-49(83-58(96)46(18)80-66(104)54(42(11)12)88-71(109)77(28,29)93-63(101)51(35-39(5)6)85-60(98)48(20)82-68(106)56(44(15)16)90-73(111)113-74(21,22)23)61(99)91-75(24,25)69(107)87-53(41(9)10)65(103)79-45(17)57(95)84-50(34-38(3)4)62(100)92-76(26,27)70(108)89-55(43(13)14)67(105)81-47(19)59(97)86-52(36-40(7)8)64(102)94-78(30,31)72(110)112-32/h37-56H,33-36H2,1-32H3,(H,79,103)(H,80,104)(H,81,105)(H,82,106)(H,83,96)(H,84,95)(H,85,98)(H,86,97)(H,87,107)(H,88,109)(H,89,108)(H,90,111)(H,91,99)(H,92,100)(H,93,101)(H,94,102)/t45-,46-,47-,48-,49-,50-,51-,52-,53-,54-,55-,56-/m0/s1. The molecule has 0 saturated heterocycles. The Balaban J connectivity index is 6.25. The van der Waals surface area contributed by atoms with Crippen LogP contribution < -0.4 is 85.1 Å². The Morgan fingerprint density at radius 2 is 0.442 bits per heavy atom. The van der Waals surface area contributed by atoms with Gasteiger partial charge in [-0.3, -0.25) is 71.9 Å². The normalized spacial score (nSPS) is 15.3. The number of ether oxygens (including phenoxy) is 2. The lowest BCUT2D eigenvalue weighted by atomic mass is 9.97. The average molecular weight is 1610 g/mol. The molecule has 0 spiro atoms. The second kappa shape index (κ2) is 45.0. The number of carbonyl (C=O) groups excluding carboxylic acids is 17. The number of nitrogens with one attached hydrogen (secondary N) is 16. The van der Waals surface area contributed by atoms with Gasteiger partial charge in [0.25, 0.3) is 0 Å². The molecule has 113 heavy (non-hydrogen) atoms. The van der Waals surface area contributed by atoms with Crippen LogP contribution in [-0.4, -0.2) is 208 Å². The minimum absolute atomic E-state index is 0.0487. The van der Waals surface area contributed by atoms with E-state index in [4.69, 9.17) is 9.47 Å². The Morgan fingerprint density at radius 3 is 0.619 bits per heavy atom. The minimum Gasteiger partial charge on any atom is -0.467 e. The van der Waals surface area contributed by atoms with Crippen LogP contribution >= 0.6 is 0 Å². The average Bonchev–Trinajstić information content (AvgIpc) is 0.838. The van der Waals surface area contributed by atoms with Crippen molar-refractivity contribution < 1.29 is 91.0 Å². The highest BCUT2D eigenvalue weighted by Crippen LogP contribution is 2.19. The summed E-state index contributed by atoms with van der Waals surface area (Å²) in [4.78, 5) is 233. The number of methoxy groups -OCH3 is 1. The van der Waals surface area contributed by atoms with Crippen LogP contribution in [0.5, 0.6) is 0 Å². The van der Waals surface area contributed by atoms with E-state index in [0.29, 0.717) is 0 Å². The predicted molar refractivity (Wildman–Crippen MR) is 425 cm³/mol. The number of hydrogen-bond donors (Lipinski definition) is 16. The quantitative estimate of drug-likeness (QED) is 0.0387. The molecule has 0 aromatic carbocycles. The van der Waals surface area contributed by atoms with E-state index >= 15 is 0 Å². The van der Waals surface area contributed by atoms with Crippen molar-refractivity contribution in [3.05, 3.63) is 0 Å². The van der Waals surface area contributed by atoms with Gasteiger partial charge in [-0.15, -0.1) is 0 Å². The zero-order chi connectivity index (χ0) is 88.4. The van der Waals surface area contributed by atoms with Gasteiger partial charge in [-0.05, 0) is 177 Å². The fraction of sp³-hybridized carbons (Fsp3) is 0.782. The zero-order valence-corrected chi connectivity index (χ0v) is 73.1. The molecule has 0 aliphatic heterocycles. The van der Waals surface area contributed by atoms with Crippen molar-refractivity contribution in [3.8, 4) is 0 Å². The SMILES string of the molecule is COC(=O)C(C)(C)NC(=O)[C@H](CC(C)C)NC(=O)[C@H](C)NC(=O)[C@@H](NC(=O)C(C)(C)NC(=O)[C@H](CC(C)C)NC(=O)[C@H](C)NC(=O)[C@@H](NC(=O)C(C)(C)NC(=O)[C@H](CC(C)C)NC(=O)[C@H](C)NC(=O)[C@@H](NC(=O)C(C)(C)NC(=O)[C@H](CC(C)C)NC(=O)[C@H](C)NC(=O)[C@@H](NC(=O)OC(C)(C)C)C(C)C)C(C)C)C(C)C)C(C)C. The molecule has 646 valence electrons. The van der Waals surface area contributed by atoms with Gasteiger partial charge in [0.2, 0.25) is 88.6 Å². The van der Waals surface area contributed by atoms with Gasteiger partial charge in [-0.2, -0.15) is 0 Å². The number of hydrogen-bond acceptors (Lipinski definition) is 19. The molecule has 0 aliphatic rings. The highest BCUT2D eigenvalue weighted by atomic mass is 16.6. The molecule has 0 saturated carbocycles. The highest BCUT2D eigenvalue weighted by Gasteiger charge is 2.43. The maximum absolute atomic E-state index is 14.2. The molecule has 0 unspecified atom stereocenters. The van der Waals surface area contributed by atoms with Crippen LogP contribution in [-0.2, 0) is 86.2 Å². The van der Waals surface area contributed by atoms with Crippen molar-refractivity contribution in [2.75, 3.05) is 7.11 Å². The molecule has 0 aromatic heterocycles. The predicted octanol–water partition coefficient (Wildman–Crippen LogP) is 1.85. The maximum Gasteiger partial charge on any atom is 0.408 e. The van der Waals surface area contributed by atoms with Gasteiger partial charge in [0, 0.05) is 0 Å². The van der Waals surface area contributed by atoms with Crippen molar-refractivity contribution in [2.45, 2.75) is 341 Å². The number of alkyl carbamates (subject to hydrolysis) is 1. The van der Waals surface area contributed by atoms with Gasteiger partial charge >= 0.3 is 12.1 Å². The molecule has 0 fully saturated rings. The van der Waals surface area contributed by atoms with Crippen LogP contribution in [0.25, 0.3) is 0 Å². The fourth-order valence-electron chi connectivity index (χ4n) is 11.1. The summed E-state index contributed by atoms with van der Waals surface area (Å²) < 4.78 is 10.1. The summed E-state index contributed by atoms with van der Waals surface area (Å²) in [6.45, 7) is 49.2. The Labute approximate surface area is 669 Å². The van der Waals surface area contributed by atoms with Crippen LogP contribution in [0, 0.1) is 47.3 Å². The summed E-state index contributed by atoms with van der Waals surface area (Å²) in [5.41, 5.74) is -7.46. The van der Waals surface area contributed by atoms with Gasteiger partial charge in [0.1, 0.15) is 100 Å². The molecule has 0 aromatic rings. The van der Waals surface area contributed by atoms with E-state index in [1.54, 1.807) is 104 Å². The molecule has 0 rings (SSSR count). The maximum atomic E-state index is 14.2. The van der Waals surface area contributed by atoms with E-state index < -0.39 is 225 Å². The Bertz CT molecular complexity index is 3340. The first-order valence-corrected chi connectivity index (χ1v) is 39.1. The largest absolute Gasteiger partial charge is 0.467 e. The van der Waals surface area contributed by atoms with Crippen LogP contribution in [0.2, 0.25) is 0 Å². The Hall–Kier alpha value is -9.21. The van der Waals surface area contributed by atoms with Gasteiger partial charge in [-0.25, -0.2) is 9.59 Å². The third-order valence-corrected chi connectivity index (χ3v) is 17.8. The fourth-order valence-corrected chi connectivity index (χ4v) is 11.1. The summed E-state index contributed by atoms with van der Waals surface area (Å²) >= 11 is 0. The highest BCUT2D eigenvalue weighted by molar-refractivity contribution is 6.02. The molecular weight excluding hydrogens is 1460 g/mol. The number of esters is 1. The van der Waals surface area contributed by atoms with Crippen molar-refractivity contribution >= 4 is 101 Å². The molecule has 12 atom stereocenters. The van der Waals surface area contributed by atoms with Crippen LogP contribution in [0.4, 0.5) is 4.79 Å². The lowest BCUT2D eigenvalue weighted by Gasteiger charge is -2.33. The molecule has 0 aliphatic carbocycles. The van der Waals surface area contributed by atoms with Crippen LogP contribution in [0.1, 0.15) is 240 Å². The molecule has 16 N–H and O–H groups in total. The number of amides is 16.